The summed E-state index contributed by atoms with van der Waals surface area (Å²) in [7, 11) is 1.86. The molecular formula is C17H22N2O2. The van der Waals surface area contributed by atoms with Gasteiger partial charge in [-0.3, -0.25) is 4.79 Å². The van der Waals surface area contributed by atoms with Crippen LogP contribution in [0.5, 0.6) is 0 Å². The minimum Gasteiger partial charge on any atom is -0.381 e. The molecule has 0 atom stereocenters. The monoisotopic (exact) mass is 286 g/mol. The highest BCUT2D eigenvalue weighted by Gasteiger charge is 2.23. The highest BCUT2D eigenvalue weighted by molar-refractivity contribution is 5.94. The van der Waals surface area contributed by atoms with E-state index in [4.69, 9.17) is 10.5 Å². The van der Waals surface area contributed by atoms with Crippen LogP contribution in [0.2, 0.25) is 0 Å². The molecule has 1 fully saturated rings. The van der Waals surface area contributed by atoms with Gasteiger partial charge < -0.3 is 15.4 Å². The molecular weight excluding hydrogens is 264 g/mol. The van der Waals surface area contributed by atoms with E-state index >= 15 is 0 Å². The van der Waals surface area contributed by atoms with E-state index in [1.807, 2.05) is 37.1 Å². The smallest absolute Gasteiger partial charge is 0.253 e. The lowest BCUT2D eigenvalue weighted by atomic mass is 10.0. The summed E-state index contributed by atoms with van der Waals surface area (Å²) in [6.07, 6.45) is 1.79. The molecule has 0 bridgehead atoms. The van der Waals surface area contributed by atoms with Crippen molar-refractivity contribution in [2.24, 2.45) is 5.73 Å². The second-order valence-electron chi connectivity index (χ2n) is 5.30. The molecule has 0 radical (unpaired) electrons. The van der Waals surface area contributed by atoms with E-state index in [1.54, 1.807) is 0 Å². The predicted octanol–water partition coefficient (Wildman–Crippen LogP) is 1.56. The summed E-state index contributed by atoms with van der Waals surface area (Å²) >= 11 is 0. The van der Waals surface area contributed by atoms with Gasteiger partial charge in [0.2, 0.25) is 0 Å². The number of nitrogens with two attached hydrogens (primary N) is 1. The van der Waals surface area contributed by atoms with Gasteiger partial charge in [-0.15, -0.1) is 0 Å². The van der Waals surface area contributed by atoms with Gasteiger partial charge >= 0.3 is 0 Å². The second-order valence-corrected chi connectivity index (χ2v) is 5.30. The molecule has 1 heterocycles. The van der Waals surface area contributed by atoms with E-state index < -0.39 is 0 Å². The molecule has 21 heavy (non-hydrogen) atoms. The highest BCUT2D eigenvalue weighted by atomic mass is 16.5. The van der Waals surface area contributed by atoms with Gasteiger partial charge in [-0.2, -0.15) is 0 Å². The minimum absolute atomic E-state index is 0.0395. The van der Waals surface area contributed by atoms with Gasteiger partial charge in [0.05, 0.1) is 6.54 Å². The lowest BCUT2D eigenvalue weighted by molar-refractivity contribution is 0.0362. The Balaban J connectivity index is 2.18. The van der Waals surface area contributed by atoms with Crippen molar-refractivity contribution in [2.75, 3.05) is 26.8 Å². The molecule has 1 aliphatic rings. The Kier molecular flexibility index (Phi) is 5.38. The number of hydrogen-bond donors (Lipinski definition) is 1. The third-order valence-corrected chi connectivity index (χ3v) is 3.87. The van der Waals surface area contributed by atoms with Gasteiger partial charge in [0, 0.05) is 37.4 Å². The molecule has 0 saturated carbocycles. The summed E-state index contributed by atoms with van der Waals surface area (Å²) in [6.45, 7) is 3.75. The van der Waals surface area contributed by atoms with E-state index in [9.17, 15) is 4.79 Å². The molecule has 1 saturated heterocycles. The van der Waals surface area contributed by atoms with Gasteiger partial charge in [0.25, 0.3) is 5.91 Å². The van der Waals surface area contributed by atoms with E-state index in [-0.39, 0.29) is 11.9 Å². The number of carbonyl (C=O) groups excluding carboxylic acids is 1. The lowest BCUT2D eigenvalue weighted by Gasteiger charge is -2.31. The summed E-state index contributed by atoms with van der Waals surface area (Å²) in [6, 6.07) is 5.91. The molecule has 2 rings (SSSR count). The SMILES string of the molecule is Cc1ccc(C(=O)N(C)C2CCOCC2)cc1C#CCN. The third kappa shape index (κ3) is 3.84. The van der Waals surface area contributed by atoms with Crippen LogP contribution in [0.3, 0.4) is 0 Å². The van der Waals surface area contributed by atoms with Crippen LogP contribution in [-0.2, 0) is 4.74 Å². The Morgan fingerprint density at radius 2 is 2.14 bits per heavy atom. The second kappa shape index (κ2) is 7.26. The standard InChI is InChI=1S/C17H22N2O2/c1-13-5-6-15(12-14(13)4-3-9-18)17(20)19(2)16-7-10-21-11-8-16/h5-6,12,16H,7-11,18H2,1-2H3. The molecule has 1 aromatic rings. The first-order valence-corrected chi connectivity index (χ1v) is 7.28. The topological polar surface area (TPSA) is 55.6 Å². The average molecular weight is 286 g/mol. The van der Waals surface area contributed by atoms with Crippen molar-refractivity contribution in [3.63, 3.8) is 0 Å². The largest absolute Gasteiger partial charge is 0.381 e. The van der Waals surface area contributed by atoms with Gasteiger partial charge in [-0.1, -0.05) is 17.9 Å². The molecule has 2 N–H and O–H groups in total. The molecule has 4 heteroatoms. The van der Waals surface area contributed by atoms with Gasteiger partial charge in [-0.05, 0) is 37.5 Å². The zero-order valence-electron chi connectivity index (χ0n) is 12.7. The number of ether oxygens (including phenoxy) is 1. The molecule has 1 aliphatic heterocycles. The Hall–Kier alpha value is -1.83. The quantitative estimate of drug-likeness (QED) is 0.839. The maximum atomic E-state index is 12.6. The summed E-state index contributed by atoms with van der Waals surface area (Å²) in [4.78, 5) is 14.4. The van der Waals surface area contributed by atoms with Crippen molar-refractivity contribution in [3.05, 3.63) is 34.9 Å². The van der Waals surface area contributed by atoms with Crippen LogP contribution in [0.15, 0.2) is 18.2 Å². The number of amides is 1. The first-order chi connectivity index (χ1) is 10.1. The third-order valence-electron chi connectivity index (χ3n) is 3.87. The first-order valence-electron chi connectivity index (χ1n) is 7.28. The van der Waals surface area contributed by atoms with E-state index in [0.29, 0.717) is 12.1 Å². The molecule has 1 amide bonds. The van der Waals surface area contributed by atoms with Crippen LogP contribution in [0, 0.1) is 18.8 Å². The molecule has 4 nitrogen and oxygen atoms in total. The summed E-state index contributed by atoms with van der Waals surface area (Å²) in [5.41, 5.74) is 8.01. The average Bonchev–Trinajstić information content (AvgIpc) is 2.53. The molecule has 0 unspecified atom stereocenters. The van der Waals surface area contributed by atoms with Crippen molar-refractivity contribution in [3.8, 4) is 11.8 Å². The van der Waals surface area contributed by atoms with Crippen LogP contribution >= 0.6 is 0 Å². The number of aryl methyl sites for hydroxylation is 1. The molecule has 0 spiro atoms. The Labute approximate surface area is 126 Å². The van der Waals surface area contributed by atoms with Crippen molar-refractivity contribution >= 4 is 5.91 Å². The molecule has 0 aliphatic carbocycles. The van der Waals surface area contributed by atoms with Crippen molar-refractivity contribution in [1.29, 1.82) is 0 Å². The zero-order chi connectivity index (χ0) is 15.2. The van der Waals surface area contributed by atoms with Gasteiger partial charge in [0.1, 0.15) is 0 Å². The van der Waals surface area contributed by atoms with Crippen molar-refractivity contribution in [1.82, 2.24) is 4.90 Å². The van der Waals surface area contributed by atoms with E-state index in [1.165, 1.54) is 0 Å². The highest BCUT2D eigenvalue weighted by Crippen LogP contribution is 2.17. The zero-order valence-corrected chi connectivity index (χ0v) is 12.7. The number of hydrogen-bond acceptors (Lipinski definition) is 3. The summed E-state index contributed by atoms with van der Waals surface area (Å²) in [5, 5.41) is 0. The summed E-state index contributed by atoms with van der Waals surface area (Å²) < 4.78 is 5.35. The van der Waals surface area contributed by atoms with Crippen LogP contribution < -0.4 is 5.73 Å². The molecule has 1 aromatic carbocycles. The summed E-state index contributed by atoms with van der Waals surface area (Å²) in [5.74, 6) is 5.90. The Bertz CT molecular complexity index is 566. The Morgan fingerprint density at radius 3 is 2.81 bits per heavy atom. The van der Waals surface area contributed by atoms with Crippen molar-refractivity contribution < 1.29 is 9.53 Å². The number of nitrogens with zero attached hydrogens (tertiary/aromatic N) is 1. The maximum absolute atomic E-state index is 12.6. The fourth-order valence-corrected chi connectivity index (χ4v) is 2.48. The maximum Gasteiger partial charge on any atom is 0.253 e. The van der Waals surface area contributed by atoms with Crippen LogP contribution in [0.4, 0.5) is 0 Å². The van der Waals surface area contributed by atoms with E-state index in [0.717, 1.165) is 37.2 Å². The molecule has 112 valence electrons. The normalized spacial score (nSPS) is 15.2. The van der Waals surface area contributed by atoms with Crippen LogP contribution in [-0.4, -0.2) is 43.7 Å². The predicted molar refractivity (Wildman–Crippen MR) is 83.0 cm³/mol. The number of carbonyl (C=O) groups is 1. The van der Waals surface area contributed by atoms with Crippen molar-refractivity contribution in [2.45, 2.75) is 25.8 Å². The number of rotatable bonds is 2. The van der Waals surface area contributed by atoms with E-state index in [2.05, 4.69) is 11.8 Å². The lowest BCUT2D eigenvalue weighted by Crippen LogP contribution is -2.40. The molecule has 0 aromatic heterocycles. The first kappa shape index (κ1) is 15.6. The van der Waals surface area contributed by atoms with Crippen LogP contribution in [0.25, 0.3) is 0 Å². The number of benzene rings is 1. The van der Waals surface area contributed by atoms with Crippen LogP contribution in [0.1, 0.15) is 34.3 Å². The fourth-order valence-electron chi connectivity index (χ4n) is 2.48. The minimum atomic E-state index is 0.0395. The van der Waals surface area contributed by atoms with Gasteiger partial charge in [-0.25, -0.2) is 0 Å². The fraction of sp³-hybridized carbons (Fsp3) is 0.471. The Morgan fingerprint density at radius 1 is 1.43 bits per heavy atom. The van der Waals surface area contributed by atoms with Gasteiger partial charge in [0.15, 0.2) is 0 Å².